The third-order valence-corrected chi connectivity index (χ3v) is 5.04. The van der Waals surface area contributed by atoms with Gasteiger partial charge < -0.3 is 4.90 Å². The highest BCUT2D eigenvalue weighted by Gasteiger charge is 2.41. The number of carbonyl (C=O) groups is 1. The zero-order valence-corrected chi connectivity index (χ0v) is 13.7. The summed E-state index contributed by atoms with van der Waals surface area (Å²) >= 11 is 0. The molecule has 2 rings (SSSR count). The first-order chi connectivity index (χ1) is 9.50. The first-order valence-electron chi connectivity index (χ1n) is 8.57. The lowest BCUT2D eigenvalue weighted by molar-refractivity contribution is -0.131. The van der Waals surface area contributed by atoms with Gasteiger partial charge in [-0.15, -0.1) is 0 Å². The van der Waals surface area contributed by atoms with Crippen molar-refractivity contribution in [1.82, 2.24) is 10.2 Å². The van der Waals surface area contributed by atoms with Gasteiger partial charge in [0, 0.05) is 6.54 Å². The predicted octanol–water partition coefficient (Wildman–Crippen LogP) is 3.40. The van der Waals surface area contributed by atoms with Crippen LogP contribution < -0.4 is 5.32 Å². The summed E-state index contributed by atoms with van der Waals surface area (Å²) in [6.45, 7) is 9.64. The van der Waals surface area contributed by atoms with E-state index in [-0.39, 0.29) is 12.2 Å². The van der Waals surface area contributed by atoms with Crippen LogP contribution in [0.4, 0.5) is 0 Å². The molecule has 0 aromatic heterocycles. The molecular formula is C17H32N2O. The van der Waals surface area contributed by atoms with Crippen LogP contribution in [0.25, 0.3) is 0 Å². The number of nitrogens with zero attached hydrogens (tertiary/aromatic N) is 1. The summed E-state index contributed by atoms with van der Waals surface area (Å²) in [5, 5.41) is 3.55. The fourth-order valence-electron chi connectivity index (χ4n) is 3.74. The van der Waals surface area contributed by atoms with Crippen LogP contribution >= 0.6 is 0 Å². The molecule has 1 aliphatic carbocycles. The van der Waals surface area contributed by atoms with Crippen molar-refractivity contribution < 1.29 is 4.79 Å². The van der Waals surface area contributed by atoms with Gasteiger partial charge in [-0.2, -0.15) is 0 Å². The standard InChI is InChI=1S/C17H32N2O/c1-12(2)15-17(20)19(16(18-15)13(3)4)11-10-14-8-6-5-7-9-14/h12-16,18H,5-11H2,1-4H3. The fraction of sp³-hybridized carbons (Fsp3) is 0.941. The third kappa shape index (κ3) is 3.55. The average Bonchev–Trinajstić information content (AvgIpc) is 2.75. The van der Waals surface area contributed by atoms with Crippen molar-refractivity contribution in [3.63, 3.8) is 0 Å². The number of hydrogen-bond acceptors (Lipinski definition) is 2. The van der Waals surface area contributed by atoms with Crippen molar-refractivity contribution in [1.29, 1.82) is 0 Å². The Labute approximate surface area is 124 Å². The summed E-state index contributed by atoms with van der Waals surface area (Å²) in [7, 11) is 0. The molecule has 1 heterocycles. The fourth-order valence-corrected chi connectivity index (χ4v) is 3.74. The Balaban J connectivity index is 1.94. The summed E-state index contributed by atoms with van der Waals surface area (Å²) in [4.78, 5) is 14.7. The monoisotopic (exact) mass is 280 g/mol. The van der Waals surface area contributed by atoms with E-state index in [0.29, 0.717) is 17.7 Å². The van der Waals surface area contributed by atoms with Gasteiger partial charge in [-0.3, -0.25) is 10.1 Å². The molecule has 0 radical (unpaired) electrons. The predicted molar refractivity (Wildman–Crippen MR) is 83.3 cm³/mol. The summed E-state index contributed by atoms with van der Waals surface area (Å²) in [5.41, 5.74) is 0. The zero-order chi connectivity index (χ0) is 14.7. The first-order valence-corrected chi connectivity index (χ1v) is 8.57. The Morgan fingerprint density at radius 2 is 1.75 bits per heavy atom. The third-order valence-electron chi connectivity index (χ3n) is 5.04. The van der Waals surface area contributed by atoms with Crippen LogP contribution in [0.3, 0.4) is 0 Å². The quantitative estimate of drug-likeness (QED) is 0.837. The highest BCUT2D eigenvalue weighted by molar-refractivity contribution is 5.84. The molecule has 2 aliphatic rings. The number of nitrogens with one attached hydrogen (secondary N) is 1. The molecule has 1 saturated heterocycles. The van der Waals surface area contributed by atoms with Gasteiger partial charge in [0.25, 0.3) is 0 Å². The van der Waals surface area contributed by atoms with E-state index in [1.165, 1.54) is 38.5 Å². The maximum Gasteiger partial charge on any atom is 0.241 e. The Hall–Kier alpha value is -0.570. The van der Waals surface area contributed by atoms with Gasteiger partial charge in [0.05, 0.1) is 12.2 Å². The van der Waals surface area contributed by atoms with Gasteiger partial charge in [0.2, 0.25) is 5.91 Å². The van der Waals surface area contributed by atoms with Crippen LogP contribution in [-0.2, 0) is 4.79 Å². The van der Waals surface area contributed by atoms with Crippen LogP contribution in [0.15, 0.2) is 0 Å². The smallest absolute Gasteiger partial charge is 0.241 e. The normalized spacial score (nSPS) is 28.9. The molecule has 3 heteroatoms. The maximum atomic E-state index is 12.6. The van der Waals surface area contributed by atoms with E-state index < -0.39 is 0 Å². The van der Waals surface area contributed by atoms with Crippen LogP contribution in [0.2, 0.25) is 0 Å². The Morgan fingerprint density at radius 1 is 1.10 bits per heavy atom. The molecule has 2 unspecified atom stereocenters. The lowest BCUT2D eigenvalue weighted by Crippen LogP contribution is -2.42. The molecule has 0 aromatic rings. The second kappa shape index (κ2) is 6.93. The molecule has 1 aliphatic heterocycles. The van der Waals surface area contributed by atoms with Crippen molar-refractivity contribution in [3.05, 3.63) is 0 Å². The molecule has 3 nitrogen and oxygen atoms in total. The van der Waals surface area contributed by atoms with Crippen LogP contribution in [-0.4, -0.2) is 29.6 Å². The summed E-state index contributed by atoms with van der Waals surface area (Å²) in [6, 6.07) is 0.0220. The van der Waals surface area contributed by atoms with Crippen molar-refractivity contribution in [2.75, 3.05) is 6.54 Å². The Kier molecular flexibility index (Phi) is 5.48. The molecule has 2 fully saturated rings. The van der Waals surface area contributed by atoms with E-state index in [4.69, 9.17) is 0 Å². The van der Waals surface area contributed by atoms with Crippen LogP contribution in [0, 0.1) is 17.8 Å². The van der Waals surface area contributed by atoms with E-state index in [2.05, 4.69) is 37.9 Å². The number of carbonyl (C=O) groups excluding carboxylic acids is 1. The molecule has 0 aromatic carbocycles. The van der Waals surface area contributed by atoms with Crippen LogP contribution in [0.1, 0.15) is 66.2 Å². The van der Waals surface area contributed by atoms with Crippen molar-refractivity contribution in [3.8, 4) is 0 Å². The zero-order valence-electron chi connectivity index (χ0n) is 13.7. The summed E-state index contributed by atoms with van der Waals surface area (Å²) < 4.78 is 0. The van der Waals surface area contributed by atoms with Gasteiger partial charge in [-0.1, -0.05) is 59.8 Å². The molecule has 116 valence electrons. The minimum atomic E-state index is 0.0220. The minimum Gasteiger partial charge on any atom is -0.326 e. The largest absolute Gasteiger partial charge is 0.326 e. The lowest BCUT2D eigenvalue weighted by Gasteiger charge is -2.30. The van der Waals surface area contributed by atoms with Gasteiger partial charge in [-0.05, 0) is 24.2 Å². The second-order valence-electron chi connectivity index (χ2n) is 7.40. The molecule has 0 bridgehead atoms. The number of hydrogen-bond donors (Lipinski definition) is 1. The molecular weight excluding hydrogens is 248 g/mol. The number of rotatable bonds is 5. The van der Waals surface area contributed by atoms with E-state index in [9.17, 15) is 4.79 Å². The number of amides is 1. The average molecular weight is 280 g/mol. The highest BCUT2D eigenvalue weighted by Crippen LogP contribution is 2.28. The van der Waals surface area contributed by atoms with E-state index in [0.717, 1.165) is 12.5 Å². The van der Waals surface area contributed by atoms with Crippen LogP contribution in [0.5, 0.6) is 0 Å². The van der Waals surface area contributed by atoms with Gasteiger partial charge in [0.15, 0.2) is 0 Å². The van der Waals surface area contributed by atoms with Gasteiger partial charge in [0.1, 0.15) is 0 Å². The lowest BCUT2D eigenvalue weighted by atomic mass is 9.87. The molecule has 20 heavy (non-hydrogen) atoms. The topological polar surface area (TPSA) is 32.3 Å². The Bertz CT molecular complexity index is 321. The Morgan fingerprint density at radius 3 is 2.30 bits per heavy atom. The van der Waals surface area contributed by atoms with Crippen molar-refractivity contribution in [2.24, 2.45) is 17.8 Å². The maximum absolute atomic E-state index is 12.6. The van der Waals surface area contributed by atoms with Gasteiger partial charge >= 0.3 is 0 Å². The van der Waals surface area contributed by atoms with E-state index in [1.54, 1.807) is 0 Å². The van der Waals surface area contributed by atoms with Crippen molar-refractivity contribution in [2.45, 2.75) is 78.4 Å². The highest BCUT2D eigenvalue weighted by atomic mass is 16.2. The van der Waals surface area contributed by atoms with E-state index in [1.807, 2.05) is 0 Å². The van der Waals surface area contributed by atoms with Gasteiger partial charge in [-0.25, -0.2) is 0 Å². The van der Waals surface area contributed by atoms with E-state index >= 15 is 0 Å². The molecule has 1 saturated carbocycles. The summed E-state index contributed by atoms with van der Waals surface area (Å²) in [5.74, 6) is 2.04. The van der Waals surface area contributed by atoms with Crippen molar-refractivity contribution >= 4 is 5.91 Å². The second-order valence-corrected chi connectivity index (χ2v) is 7.40. The molecule has 1 amide bonds. The first kappa shape index (κ1) is 15.8. The summed E-state index contributed by atoms with van der Waals surface area (Å²) in [6.07, 6.45) is 8.35. The minimum absolute atomic E-state index is 0.0220. The molecule has 1 N–H and O–H groups in total. The molecule has 2 atom stereocenters. The SMILES string of the molecule is CC(C)C1NC(C(C)C)N(CCC2CCCCC2)C1=O. The molecule has 0 spiro atoms.